The molecule has 1 aromatic heterocycles. The van der Waals surface area contributed by atoms with Crippen molar-refractivity contribution in [3.63, 3.8) is 0 Å². The maximum absolute atomic E-state index is 11.5. The van der Waals surface area contributed by atoms with E-state index in [4.69, 9.17) is 4.74 Å². The highest BCUT2D eigenvalue weighted by atomic mass is 16.6. The zero-order valence-electron chi connectivity index (χ0n) is 14.2. The number of nitro groups is 1. The Kier molecular flexibility index (Phi) is 6.02. The van der Waals surface area contributed by atoms with Gasteiger partial charge in [0.1, 0.15) is 0 Å². The van der Waals surface area contributed by atoms with Crippen molar-refractivity contribution >= 4 is 23.2 Å². The molecule has 8 heteroatoms. The Bertz CT molecular complexity index is 759. The Balaban J connectivity index is 2.19. The molecule has 0 spiro atoms. The summed E-state index contributed by atoms with van der Waals surface area (Å²) in [6, 6.07) is 8.40. The number of hydrogen-bond donors (Lipinski definition) is 1. The van der Waals surface area contributed by atoms with Crippen LogP contribution >= 0.6 is 0 Å². The zero-order valence-corrected chi connectivity index (χ0v) is 14.2. The van der Waals surface area contributed by atoms with Gasteiger partial charge in [0.05, 0.1) is 30.3 Å². The number of anilines is 2. The molecule has 0 aliphatic heterocycles. The molecule has 2 aromatic rings. The van der Waals surface area contributed by atoms with Crippen molar-refractivity contribution in [2.24, 2.45) is 0 Å². The molecule has 132 valence electrons. The van der Waals surface area contributed by atoms with E-state index in [1.165, 1.54) is 13.3 Å². The minimum Gasteiger partial charge on any atom is -0.465 e. The van der Waals surface area contributed by atoms with Gasteiger partial charge in [-0.2, -0.15) is 0 Å². The third-order valence-electron chi connectivity index (χ3n) is 3.29. The highest BCUT2D eigenvalue weighted by molar-refractivity contribution is 5.90. The quantitative estimate of drug-likeness (QED) is 0.465. The van der Waals surface area contributed by atoms with Crippen molar-refractivity contribution < 1.29 is 19.2 Å². The molecule has 0 atom stereocenters. The number of benzene rings is 1. The second-order valence-corrected chi connectivity index (χ2v) is 5.52. The van der Waals surface area contributed by atoms with E-state index in [-0.39, 0.29) is 23.2 Å². The van der Waals surface area contributed by atoms with E-state index in [2.05, 4.69) is 15.0 Å². The Hall–Kier alpha value is -3.00. The van der Waals surface area contributed by atoms with Gasteiger partial charge in [-0.15, -0.1) is 0 Å². The van der Waals surface area contributed by atoms with E-state index < -0.39 is 10.9 Å². The first kappa shape index (κ1) is 18.3. The SMILES string of the molecule is COC(=O)c1cnc(Nc2ccc(COC(C)C)cc2)c([N+](=O)[O-])c1. The predicted molar refractivity (Wildman–Crippen MR) is 91.9 cm³/mol. The number of pyridine rings is 1. The van der Waals surface area contributed by atoms with Gasteiger partial charge in [-0.25, -0.2) is 9.78 Å². The molecule has 1 aromatic carbocycles. The van der Waals surface area contributed by atoms with E-state index in [1.54, 1.807) is 12.1 Å². The Morgan fingerprint density at radius 2 is 2.00 bits per heavy atom. The van der Waals surface area contributed by atoms with Crippen LogP contribution in [0.3, 0.4) is 0 Å². The van der Waals surface area contributed by atoms with Gasteiger partial charge in [-0.05, 0) is 31.5 Å². The summed E-state index contributed by atoms with van der Waals surface area (Å²) in [6.07, 6.45) is 1.37. The fourth-order valence-corrected chi connectivity index (χ4v) is 2.00. The molecule has 0 aliphatic rings. The van der Waals surface area contributed by atoms with Gasteiger partial charge in [-0.3, -0.25) is 10.1 Å². The van der Waals surface area contributed by atoms with Crippen LogP contribution in [0.4, 0.5) is 17.2 Å². The van der Waals surface area contributed by atoms with E-state index in [0.29, 0.717) is 12.3 Å². The molecule has 0 aliphatic carbocycles. The smallest absolute Gasteiger partial charge is 0.339 e. The van der Waals surface area contributed by atoms with Crippen LogP contribution in [0.5, 0.6) is 0 Å². The monoisotopic (exact) mass is 345 g/mol. The summed E-state index contributed by atoms with van der Waals surface area (Å²) >= 11 is 0. The fourth-order valence-electron chi connectivity index (χ4n) is 2.00. The Morgan fingerprint density at radius 1 is 1.32 bits per heavy atom. The van der Waals surface area contributed by atoms with Crippen LogP contribution in [0.1, 0.15) is 29.8 Å². The first-order valence-electron chi connectivity index (χ1n) is 7.61. The highest BCUT2D eigenvalue weighted by Gasteiger charge is 2.19. The molecule has 1 heterocycles. The van der Waals surface area contributed by atoms with Crippen molar-refractivity contribution in [3.05, 3.63) is 57.8 Å². The van der Waals surface area contributed by atoms with Crippen molar-refractivity contribution in [2.45, 2.75) is 26.6 Å². The van der Waals surface area contributed by atoms with Crippen LogP contribution in [0.2, 0.25) is 0 Å². The number of rotatable bonds is 7. The second kappa shape index (κ2) is 8.20. The lowest BCUT2D eigenvalue weighted by molar-refractivity contribution is -0.384. The second-order valence-electron chi connectivity index (χ2n) is 5.52. The third kappa shape index (κ3) is 4.98. The van der Waals surface area contributed by atoms with Gasteiger partial charge in [0, 0.05) is 18.0 Å². The van der Waals surface area contributed by atoms with E-state index in [0.717, 1.165) is 11.6 Å². The zero-order chi connectivity index (χ0) is 18.4. The Morgan fingerprint density at radius 3 is 2.56 bits per heavy atom. The van der Waals surface area contributed by atoms with Gasteiger partial charge >= 0.3 is 11.7 Å². The summed E-state index contributed by atoms with van der Waals surface area (Å²) in [4.78, 5) is 26.1. The molecule has 8 nitrogen and oxygen atoms in total. The molecule has 0 saturated heterocycles. The number of hydrogen-bond acceptors (Lipinski definition) is 7. The lowest BCUT2D eigenvalue weighted by atomic mass is 10.2. The largest absolute Gasteiger partial charge is 0.465 e. The van der Waals surface area contributed by atoms with E-state index in [9.17, 15) is 14.9 Å². The average molecular weight is 345 g/mol. The molecular weight excluding hydrogens is 326 g/mol. The molecule has 0 radical (unpaired) electrons. The number of esters is 1. The number of ether oxygens (including phenoxy) is 2. The molecule has 1 N–H and O–H groups in total. The molecule has 2 rings (SSSR count). The molecule has 0 amide bonds. The molecular formula is C17H19N3O5. The van der Waals surface area contributed by atoms with Gasteiger partial charge in [-0.1, -0.05) is 12.1 Å². The Labute approximate surface area is 144 Å². The topological polar surface area (TPSA) is 104 Å². The minimum atomic E-state index is -0.684. The van der Waals surface area contributed by atoms with Crippen LogP contribution in [0.25, 0.3) is 0 Å². The third-order valence-corrected chi connectivity index (χ3v) is 3.29. The first-order valence-corrected chi connectivity index (χ1v) is 7.61. The number of nitrogens with one attached hydrogen (secondary N) is 1. The number of methoxy groups -OCH3 is 1. The summed E-state index contributed by atoms with van der Waals surface area (Å²) in [5, 5.41) is 14.1. The van der Waals surface area contributed by atoms with Crippen molar-refractivity contribution in [3.8, 4) is 0 Å². The van der Waals surface area contributed by atoms with Gasteiger partial charge in [0.2, 0.25) is 5.82 Å². The number of aromatic nitrogens is 1. The highest BCUT2D eigenvalue weighted by Crippen LogP contribution is 2.26. The summed E-state index contributed by atoms with van der Waals surface area (Å²) in [5.41, 5.74) is 1.33. The average Bonchev–Trinajstić information content (AvgIpc) is 2.60. The van der Waals surface area contributed by atoms with Gasteiger partial charge in [0.25, 0.3) is 0 Å². The standard InChI is InChI=1S/C17H19N3O5/c1-11(2)25-10-12-4-6-14(7-5-12)19-16-15(20(22)23)8-13(9-18-16)17(21)24-3/h4-9,11H,10H2,1-3H3,(H,18,19). The summed E-state index contributed by atoms with van der Waals surface area (Å²) in [7, 11) is 1.20. The normalized spacial score (nSPS) is 10.6. The number of nitrogens with zero attached hydrogens (tertiary/aromatic N) is 2. The fraction of sp³-hybridized carbons (Fsp3) is 0.294. The molecule has 0 fully saturated rings. The van der Waals surface area contributed by atoms with E-state index in [1.807, 2.05) is 26.0 Å². The number of carbonyl (C=O) groups excluding carboxylic acids is 1. The molecule has 0 bridgehead atoms. The van der Waals surface area contributed by atoms with Gasteiger partial charge < -0.3 is 14.8 Å². The minimum absolute atomic E-state index is 0.0148. The predicted octanol–water partition coefficient (Wildman–Crippen LogP) is 3.45. The maximum Gasteiger partial charge on any atom is 0.339 e. The van der Waals surface area contributed by atoms with E-state index >= 15 is 0 Å². The molecule has 0 unspecified atom stereocenters. The summed E-state index contributed by atoms with van der Waals surface area (Å²) < 4.78 is 10.1. The van der Waals surface area contributed by atoms with Crippen molar-refractivity contribution in [1.82, 2.24) is 4.98 Å². The molecule has 0 saturated carbocycles. The number of carbonyl (C=O) groups is 1. The molecule has 25 heavy (non-hydrogen) atoms. The summed E-state index contributed by atoms with van der Waals surface area (Å²) in [6.45, 7) is 4.40. The van der Waals surface area contributed by atoms with Crippen LogP contribution in [0.15, 0.2) is 36.5 Å². The van der Waals surface area contributed by atoms with Crippen LogP contribution in [-0.2, 0) is 16.1 Å². The summed E-state index contributed by atoms with van der Waals surface area (Å²) in [5.74, 6) is -0.638. The van der Waals surface area contributed by atoms with Crippen LogP contribution in [-0.4, -0.2) is 29.1 Å². The van der Waals surface area contributed by atoms with Crippen LogP contribution in [0, 0.1) is 10.1 Å². The maximum atomic E-state index is 11.5. The van der Waals surface area contributed by atoms with Crippen molar-refractivity contribution in [2.75, 3.05) is 12.4 Å². The van der Waals surface area contributed by atoms with Crippen molar-refractivity contribution in [1.29, 1.82) is 0 Å². The lowest BCUT2D eigenvalue weighted by Crippen LogP contribution is -2.06. The van der Waals surface area contributed by atoms with Crippen LogP contribution < -0.4 is 5.32 Å². The lowest BCUT2D eigenvalue weighted by Gasteiger charge is -2.10. The first-order chi connectivity index (χ1) is 11.9. The van der Waals surface area contributed by atoms with Gasteiger partial charge in [0.15, 0.2) is 0 Å².